The second-order valence-corrected chi connectivity index (χ2v) is 4.15. The first-order chi connectivity index (χ1) is 4.43. The maximum absolute atomic E-state index is 9.12. The molecule has 2 atom stereocenters. The van der Waals surface area contributed by atoms with E-state index in [2.05, 4.69) is 32.7 Å². The second kappa shape index (κ2) is 2.21. The van der Waals surface area contributed by atoms with E-state index in [4.69, 9.17) is 5.11 Å². The van der Waals surface area contributed by atoms with Gasteiger partial charge in [0, 0.05) is 11.6 Å². The average Bonchev–Trinajstić information content (AvgIpc) is 2.42. The highest BCUT2D eigenvalue weighted by atomic mass is 16.3. The van der Waals surface area contributed by atoms with E-state index in [1.54, 1.807) is 0 Å². The number of rotatable bonds is 1. The Bertz CT molecular complexity index is 128. The van der Waals surface area contributed by atoms with Crippen molar-refractivity contribution in [1.82, 2.24) is 4.90 Å². The van der Waals surface area contributed by atoms with Crippen molar-refractivity contribution < 1.29 is 5.11 Å². The lowest BCUT2D eigenvalue weighted by Gasteiger charge is -2.31. The van der Waals surface area contributed by atoms with Gasteiger partial charge in [-0.1, -0.05) is 0 Å². The smallest absolute Gasteiger partial charge is 0.0712 e. The molecule has 2 unspecified atom stereocenters. The Balaban J connectivity index is 2.42. The molecule has 0 spiro atoms. The fourth-order valence-electron chi connectivity index (χ4n) is 1.08. The molecule has 0 aromatic heterocycles. The molecule has 0 heterocycles. The Labute approximate surface area is 62.8 Å². The van der Waals surface area contributed by atoms with Crippen LogP contribution in [-0.2, 0) is 0 Å². The molecule has 0 aromatic rings. The zero-order chi connectivity index (χ0) is 7.94. The summed E-state index contributed by atoms with van der Waals surface area (Å²) in [6.07, 6.45) is 0.887. The highest BCUT2D eigenvalue weighted by Gasteiger charge is 2.42. The fraction of sp³-hybridized carbons (Fsp3) is 1.00. The van der Waals surface area contributed by atoms with Crippen LogP contribution in [0.5, 0.6) is 0 Å². The SMILES string of the molecule is CN(C1CC1O)C(C)(C)C. The first-order valence-corrected chi connectivity index (χ1v) is 3.84. The van der Waals surface area contributed by atoms with Gasteiger partial charge in [-0.05, 0) is 34.2 Å². The van der Waals surface area contributed by atoms with E-state index in [9.17, 15) is 0 Å². The van der Waals surface area contributed by atoms with E-state index in [1.165, 1.54) is 0 Å². The van der Waals surface area contributed by atoms with Crippen LogP contribution in [0.3, 0.4) is 0 Å². The van der Waals surface area contributed by atoms with Gasteiger partial charge in [0.25, 0.3) is 0 Å². The maximum Gasteiger partial charge on any atom is 0.0712 e. The van der Waals surface area contributed by atoms with Gasteiger partial charge in [0.15, 0.2) is 0 Å². The Kier molecular flexibility index (Phi) is 1.77. The molecular formula is C8H17NO. The topological polar surface area (TPSA) is 23.5 Å². The lowest BCUT2D eigenvalue weighted by molar-refractivity contribution is 0.131. The van der Waals surface area contributed by atoms with Crippen molar-refractivity contribution in [2.45, 2.75) is 44.9 Å². The monoisotopic (exact) mass is 143 g/mol. The third-order valence-electron chi connectivity index (χ3n) is 2.28. The summed E-state index contributed by atoms with van der Waals surface area (Å²) in [5, 5.41) is 9.12. The summed E-state index contributed by atoms with van der Waals surface area (Å²) in [5.41, 5.74) is 0.197. The van der Waals surface area contributed by atoms with E-state index in [0.717, 1.165) is 6.42 Å². The van der Waals surface area contributed by atoms with Crippen LogP contribution in [0, 0.1) is 0 Å². The highest BCUT2D eigenvalue weighted by Crippen LogP contribution is 2.31. The van der Waals surface area contributed by atoms with Crippen LogP contribution in [0.4, 0.5) is 0 Å². The fourth-order valence-corrected chi connectivity index (χ4v) is 1.08. The molecule has 2 heteroatoms. The summed E-state index contributed by atoms with van der Waals surface area (Å²) in [7, 11) is 2.07. The highest BCUT2D eigenvalue weighted by molar-refractivity contribution is 4.97. The maximum atomic E-state index is 9.12. The van der Waals surface area contributed by atoms with Crippen LogP contribution in [0.1, 0.15) is 27.2 Å². The molecule has 0 saturated heterocycles. The second-order valence-electron chi connectivity index (χ2n) is 4.15. The summed E-state index contributed by atoms with van der Waals surface area (Å²) in [4.78, 5) is 2.23. The molecule has 60 valence electrons. The third kappa shape index (κ3) is 1.50. The van der Waals surface area contributed by atoms with Gasteiger partial charge >= 0.3 is 0 Å². The van der Waals surface area contributed by atoms with E-state index in [1.807, 2.05) is 0 Å². The number of likely N-dealkylation sites (N-methyl/N-ethyl adjacent to an activating group) is 1. The van der Waals surface area contributed by atoms with Gasteiger partial charge in [0.1, 0.15) is 0 Å². The van der Waals surface area contributed by atoms with Gasteiger partial charge in [-0.2, -0.15) is 0 Å². The van der Waals surface area contributed by atoms with Crippen molar-refractivity contribution in [2.24, 2.45) is 0 Å². The summed E-state index contributed by atoms with van der Waals surface area (Å²) < 4.78 is 0. The molecule has 1 N–H and O–H groups in total. The van der Waals surface area contributed by atoms with Gasteiger partial charge < -0.3 is 5.11 Å². The van der Waals surface area contributed by atoms with Gasteiger partial charge in [-0.25, -0.2) is 0 Å². The Morgan fingerprint density at radius 2 is 1.80 bits per heavy atom. The molecule has 1 aliphatic rings. The van der Waals surface area contributed by atoms with Crippen LogP contribution in [0.25, 0.3) is 0 Å². The quantitative estimate of drug-likeness (QED) is 0.588. The number of aliphatic hydroxyl groups is 1. The van der Waals surface area contributed by atoms with Crippen LogP contribution in [0.2, 0.25) is 0 Å². The lowest BCUT2D eigenvalue weighted by atomic mass is 10.1. The number of nitrogens with zero attached hydrogens (tertiary/aromatic N) is 1. The summed E-state index contributed by atoms with van der Waals surface area (Å²) in [6.45, 7) is 6.49. The first kappa shape index (κ1) is 8.02. The van der Waals surface area contributed by atoms with Crippen molar-refractivity contribution in [2.75, 3.05) is 7.05 Å². The van der Waals surface area contributed by atoms with Crippen LogP contribution in [0.15, 0.2) is 0 Å². The molecular weight excluding hydrogens is 126 g/mol. The summed E-state index contributed by atoms with van der Waals surface area (Å²) >= 11 is 0. The molecule has 1 aliphatic carbocycles. The van der Waals surface area contributed by atoms with E-state index >= 15 is 0 Å². The minimum absolute atomic E-state index is 0.0655. The van der Waals surface area contributed by atoms with Gasteiger partial charge in [-0.3, -0.25) is 4.90 Å². The minimum Gasteiger partial charge on any atom is -0.391 e. The van der Waals surface area contributed by atoms with E-state index < -0.39 is 0 Å². The predicted molar refractivity (Wildman–Crippen MR) is 41.9 cm³/mol. The average molecular weight is 143 g/mol. The molecule has 0 radical (unpaired) electrons. The summed E-state index contributed by atoms with van der Waals surface area (Å²) in [5.74, 6) is 0. The third-order valence-corrected chi connectivity index (χ3v) is 2.28. The van der Waals surface area contributed by atoms with E-state index in [0.29, 0.717) is 6.04 Å². The number of hydrogen-bond acceptors (Lipinski definition) is 2. The van der Waals surface area contributed by atoms with Crippen LogP contribution in [-0.4, -0.2) is 34.7 Å². The van der Waals surface area contributed by atoms with Crippen LogP contribution >= 0.6 is 0 Å². The lowest BCUT2D eigenvalue weighted by Crippen LogP contribution is -2.40. The van der Waals surface area contributed by atoms with Gasteiger partial charge in [0.05, 0.1) is 6.10 Å². The zero-order valence-corrected chi connectivity index (χ0v) is 7.26. The molecule has 1 fully saturated rings. The van der Waals surface area contributed by atoms with Crippen LogP contribution < -0.4 is 0 Å². The zero-order valence-electron chi connectivity index (χ0n) is 7.26. The standard InChI is InChI=1S/C8H17NO/c1-8(2,3)9(4)6-5-7(6)10/h6-7,10H,5H2,1-4H3. The largest absolute Gasteiger partial charge is 0.391 e. The van der Waals surface area contributed by atoms with Crippen molar-refractivity contribution in [3.63, 3.8) is 0 Å². The minimum atomic E-state index is -0.0655. The number of hydrogen-bond donors (Lipinski definition) is 1. The number of aliphatic hydroxyl groups excluding tert-OH is 1. The van der Waals surface area contributed by atoms with Crippen molar-refractivity contribution >= 4 is 0 Å². The molecule has 10 heavy (non-hydrogen) atoms. The first-order valence-electron chi connectivity index (χ1n) is 3.84. The van der Waals surface area contributed by atoms with Gasteiger partial charge in [-0.15, -0.1) is 0 Å². The molecule has 0 aromatic carbocycles. The molecule has 0 bridgehead atoms. The van der Waals surface area contributed by atoms with E-state index in [-0.39, 0.29) is 11.6 Å². The Morgan fingerprint density at radius 3 is 1.90 bits per heavy atom. The van der Waals surface area contributed by atoms with Gasteiger partial charge in [0.2, 0.25) is 0 Å². The molecule has 0 amide bonds. The normalized spacial score (nSPS) is 33.0. The van der Waals surface area contributed by atoms with Crippen molar-refractivity contribution in [1.29, 1.82) is 0 Å². The molecule has 1 rings (SSSR count). The summed E-state index contributed by atoms with van der Waals surface area (Å²) in [6, 6.07) is 0.417. The van der Waals surface area contributed by atoms with Crippen molar-refractivity contribution in [3.8, 4) is 0 Å². The Hall–Kier alpha value is -0.0800. The molecule has 2 nitrogen and oxygen atoms in total. The Morgan fingerprint density at radius 1 is 1.40 bits per heavy atom. The molecule has 0 aliphatic heterocycles. The predicted octanol–water partition coefficient (Wildman–Crippen LogP) is 0.850. The van der Waals surface area contributed by atoms with Crippen molar-refractivity contribution in [3.05, 3.63) is 0 Å². The molecule has 1 saturated carbocycles.